The Kier molecular flexibility index (Phi) is 4.36. The van der Waals surface area contributed by atoms with E-state index in [0.29, 0.717) is 22.9 Å². The van der Waals surface area contributed by atoms with Gasteiger partial charge in [-0.3, -0.25) is 4.79 Å². The van der Waals surface area contributed by atoms with Crippen molar-refractivity contribution in [1.82, 2.24) is 9.55 Å². The number of carbonyl (C=O) groups excluding carboxylic acids is 1. The van der Waals surface area contributed by atoms with Crippen LogP contribution in [0.5, 0.6) is 5.75 Å². The fourth-order valence-corrected chi connectivity index (χ4v) is 1.85. The molecule has 0 N–H and O–H groups in total. The second kappa shape index (κ2) is 6.21. The molecule has 5 heteroatoms. The molecule has 94 valence electrons. The Hall–Kier alpha value is -1.81. The molecule has 0 saturated heterocycles. The number of carbonyl (C=O) groups is 1. The molecule has 1 heterocycles. The second-order valence-electron chi connectivity index (χ2n) is 3.78. The number of hydrogen-bond acceptors (Lipinski definition) is 3. The maximum atomic E-state index is 10.8. The minimum absolute atomic E-state index is 0.458. The maximum Gasteiger partial charge on any atom is 0.153 e. The highest BCUT2D eigenvalue weighted by Gasteiger charge is 2.07. The van der Waals surface area contributed by atoms with Crippen LogP contribution in [0.25, 0.3) is 0 Å². The summed E-state index contributed by atoms with van der Waals surface area (Å²) >= 11 is 5.99. The molecule has 0 fully saturated rings. The molecule has 1 aromatic carbocycles. The molecular formula is C13H13ClN2O2. The highest BCUT2D eigenvalue weighted by Crippen LogP contribution is 2.27. The largest absolute Gasteiger partial charge is 0.491 e. The van der Waals surface area contributed by atoms with Gasteiger partial charge in [-0.2, -0.15) is 0 Å². The van der Waals surface area contributed by atoms with Gasteiger partial charge in [0.25, 0.3) is 0 Å². The van der Waals surface area contributed by atoms with Crippen molar-refractivity contribution in [2.45, 2.75) is 13.0 Å². The lowest BCUT2D eigenvalue weighted by Crippen LogP contribution is -2.04. The summed E-state index contributed by atoms with van der Waals surface area (Å²) in [5.74, 6) is 0.458. The first kappa shape index (κ1) is 12.6. The molecule has 0 bridgehead atoms. The van der Waals surface area contributed by atoms with Crippen LogP contribution in [0.4, 0.5) is 0 Å². The summed E-state index contributed by atoms with van der Waals surface area (Å²) in [6, 6.07) is 5.12. The Balaban J connectivity index is 1.88. The van der Waals surface area contributed by atoms with E-state index >= 15 is 0 Å². The predicted molar refractivity (Wildman–Crippen MR) is 69.2 cm³/mol. The third kappa shape index (κ3) is 3.11. The molecule has 0 atom stereocenters. The molecule has 0 saturated carbocycles. The highest BCUT2D eigenvalue weighted by atomic mass is 35.5. The van der Waals surface area contributed by atoms with E-state index in [2.05, 4.69) is 4.98 Å². The summed E-state index contributed by atoms with van der Waals surface area (Å²) in [6.45, 7) is 1.32. The Morgan fingerprint density at radius 3 is 3.06 bits per heavy atom. The van der Waals surface area contributed by atoms with Crippen LogP contribution in [0, 0.1) is 0 Å². The molecule has 0 amide bonds. The quantitative estimate of drug-likeness (QED) is 0.595. The minimum atomic E-state index is 0.458. The summed E-state index contributed by atoms with van der Waals surface area (Å²) < 4.78 is 7.53. The number of rotatable bonds is 6. The number of hydrogen-bond donors (Lipinski definition) is 0. The van der Waals surface area contributed by atoms with Gasteiger partial charge in [0.2, 0.25) is 0 Å². The van der Waals surface area contributed by atoms with Crippen molar-refractivity contribution >= 4 is 17.9 Å². The average Bonchev–Trinajstić information content (AvgIpc) is 2.89. The Morgan fingerprint density at radius 2 is 2.33 bits per heavy atom. The molecular weight excluding hydrogens is 252 g/mol. The van der Waals surface area contributed by atoms with Crippen molar-refractivity contribution in [3.63, 3.8) is 0 Å². The average molecular weight is 265 g/mol. The fourth-order valence-electron chi connectivity index (χ4n) is 1.61. The van der Waals surface area contributed by atoms with E-state index in [1.165, 1.54) is 0 Å². The van der Waals surface area contributed by atoms with Crippen LogP contribution in [-0.2, 0) is 6.54 Å². The SMILES string of the molecule is O=Cc1cccc(Cl)c1OCCCn1ccnc1. The number of imidazole rings is 1. The van der Waals surface area contributed by atoms with Gasteiger partial charge in [-0.05, 0) is 18.6 Å². The topological polar surface area (TPSA) is 44.1 Å². The Labute approximate surface area is 110 Å². The van der Waals surface area contributed by atoms with Gasteiger partial charge in [0.15, 0.2) is 6.29 Å². The zero-order valence-electron chi connectivity index (χ0n) is 9.75. The van der Waals surface area contributed by atoms with Crippen molar-refractivity contribution < 1.29 is 9.53 Å². The number of ether oxygens (including phenoxy) is 1. The number of aryl methyl sites for hydroxylation is 1. The van der Waals surface area contributed by atoms with Crippen LogP contribution in [0.2, 0.25) is 5.02 Å². The van der Waals surface area contributed by atoms with Crippen LogP contribution in [0.15, 0.2) is 36.9 Å². The summed E-state index contributed by atoms with van der Waals surface area (Å²) in [4.78, 5) is 14.8. The lowest BCUT2D eigenvalue weighted by atomic mass is 10.2. The van der Waals surface area contributed by atoms with Gasteiger partial charge in [0.05, 0.1) is 23.5 Å². The van der Waals surface area contributed by atoms with Gasteiger partial charge in [0.1, 0.15) is 5.75 Å². The number of aldehydes is 1. The van der Waals surface area contributed by atoms with Crippen LogP contribution >= 0.6 is 11.6 Å². The van der Waals surface area contributed by atoms with Crippen molar-refractivity contribution in [3.05, 3.63) is 47.5 Å². The van der Waals surface area contributed by atoms with E-state index in [0.717, 1.165) is 19.3 Å². The van der Waals surface area contributed by atoms with Crippen molar-refractivity contribution in [3.8, 4) is 5.75 Å². The van der Waals surface area contributed by atoms with Crippen LogP contribution in [0.1, 0.15) is 16.8 Å². The van der Waals surface area contributed by atoms with Crippen molar-refractivity contribution in [2.75, 3.05) is 6.61 Å². The number of benzene rings is 1. The maximum absolute atomic E-state index is 10.8. The van der Waals surface area contributed by atoms with Gasteiger partial charge in [-0.15, -0.1) is 0 Å². The highest BCUT2D eigenvalue weighted by molar-refractivity contribution is 6.32. The van der Waals surface area contributed by atoms with Gasteiger partial charge in [-0.25, -0.2) is 4.98 Å². The predicted octanol–water partition coefficient (Wildman–Crippen LogP) is 2.82. The molecule has 2 rings (SSSR count). The first-order valence-electron chi connectivity index (χ1n) is 5.63. The molecule has 4 nitrogen and oxygen atoms in total. The smallest absolute Gasteiger partial charge is 0.153 e. The van der Waals surface area contributed by atoms with Crippen LogP contribution < -0.4 is 4.74 Å². The Morgan fingerprint density at radius 1 is 1.44 bits per heavy atom. The van der Waals surface area contributed by atoms with E-state index in [-0.39, 0.29) is 0 Å². The molecule has 2 aromatic rings. The van der Waals surface area contributed by atoms with Gasteiger partial charge < -0.3 is 9.30 Å². The van der Waals surface area contributed by atoms with E-state index in [9.17, 15) is 4.79 Å². The third-order valence-corrected chi connectivity index (χ3v) is 2.79. The standard InChI is InChI=1S/C13H13ClN2O2/c14-12-4-1-3-11(9-17)13(12)18-8-2-6-16-7-5-15-10-16/h1,3-5,7,9-10H,2,6,8H2. The van der Waals surface area contributed by atoms with Crippen molar-refractivity contribution in [1.29, 1.82) is 0 Å². The summed E-state index contributed by atoms with van der Waals surface area (Å²) in [5.41, 5.74) is 0.477. The molecule has 0 aliphatic carbocycles. The number of para-hydroxylation sites is 1. The lowest BCUT2D eigenvalue weighted by molar-refractivity contribution is 0.111. The molecule has 18 heavy (non-hydrogen) atoms. The number of aromatic nitrogens is 2. The van der Waals surface area contributed by atoms with Gasteiger partial charge >= 0.3 is 0 Å². The summed E-state index contributed by atoms with van der Waals surface area (Å²) in [5, 5.41) is 0.460. The fraction of sp³-hybridized carbons (Fsp3) is 0.231. The van der Waals surface area contributed by atoms with Gasteiger partial charge in [0, 0.05) is 18.9 Å². The zero-order chi connectivity index (χ0) is 12.8. The van der Waals surface area contributed by atoms with E-state index in [1.807, 2.05) is 10.8 Å². The normalized spacial score (nSPS) is 10.3. The van der Waals surface area contributed by atoms with Gasteiger partial charge in [-0.1, -0.05) is 17.7 Å². The summed E-state index contributed by atoms with van der Waals surface area (Å²) in [7, 11) is 0. The van der Waals surface area contributed by atoms with Crippen LogP contribution in [0.3, 0.4) is 0 Å². The molecule has 0 aliphatic heterocycles. The number of halogens is 1. The first-order valence-corrected chi connectivity index (χ1v) is 6.01. The number of nitrogens with zero attached hydrogens (tertiary/aromatic N) is 2. The Bertz CT molecular complexity index is 512. The molecule has 0 unspecified atom stereocenters. The minimum Gasteiger partial charge on any atom is -0.491 e. The first-order chi connectivity index (χ1) is 8.81. The molecule has 1 aromatic heterocycles. The zero-order valence-corrected chi connectivity index (χ0v) is 10.5. The van der Waals surface area contributed by atoms with E-state index in [4.69, 9.17) is 16.3 Å². The third-order valence-electron chi connectivity index (χ3n) is 2.49. The van der Waals surface area contributed by atoms with E-state index < -0.39 is 0 Å². The molecule has 0 radical (unpaired) electrons. The second-order valence-corrected chi connectivity index (χ2v) is 4.19. The molecule has 0 spiro atoms. The van der Waals surface area contributed by atoms with E-state index in [1.54, 1.807) is 30.7 Å². The summed E-state index contributed by atoms with van der Waals surface area (Å²) in [6.07, 6.45) is 6.95. The van der Waals surface area contributed by atoms with Crippen LogP contribution in [-0.4, -0.2) is 22.4 Å². The lowest BCUT2D eigenvalue weighted by Gasteiger charge is -2.10. The van der Waals surface area contributed by atoms with Crippen molar-refractivity contribution in [2.24, 2.45) is 0 Å². The molecule has 0 aliphatic rings. The monoisotopic (exact) mass is 264 g/mol.